The zero-order valence-corrected chi connectivity index (χ0v) is 43.5. The minimum absolute atomic E-state index is 0.00989. The van der Waals surface area contributed by atoms with E-state index < -0.39 is 83.7 Å². The van der Waals surface area contributed by atoms with Gasteiger partial charge in [0.25, 0.3) is 0 Å². The maximum absolute atomic E-state index is 12.9. The van der Waals surface area contributed by atoms with Gasteiger partial charge in [0.1, 0.15) is 30.7 Å². The van der Waals surface area contributed by atoms with Crippen LogP contribution in [-0.2, 0) is 51.0 Å². The van der Waals surface area contributed by atoms with Gasteiger partial charge in [-0.2, -0.15) is 9.29 Å². The Morgan fingerprint density at radius 2 is 1.31 bits per heavy atom. The number of ether oxygens (including phenoxy) is 4. The van der Waals surface area contributed by atoms with E-state index in [-0.39, 0.29) is 30.9 Å². The molecule has 4 unspecified atom stereocenters. The van der Waals surface area contributed by atoms with Crippen LogP contribution in [-0.4, -0.2) is 97.9 Å². The zero-order valence-electron chi connectivity index (χ0n) is 41.7. The normalized spacial score (nSPS) is 22.5. The minimum Gasteiger partial charge on any atom is -0.462 e. The van der Waals surface area contributed by atoms with Gasteiger partial charge in [-0.05, 0) is 83.1 Å². The Bertz CT molecular complexity index is 1990. The number of aliphatic hydroxyl groups excluding tert-OH is 2. The maximum Gasteiger partial charge on any atom is 0.481 e. The molecule has 0 aromatic carbocycles. The largest absolute Gasteiger partial charge is 0.481 e. The molecule has 0 bridgehead atoms. The summed E-state index contributed by atoms with van der Waals surface area (Å²) in [5, 5.41) is 20.9. The number of anilines is 1. The lowest BCUT2D eigenvalue weighted by Crippen LogP contribution is -2.36. The van der Waals surface area contributed by atoms with Gasteiger partial charge in [0.2, 0.25) is 0 Å². The summed E-state index contributed by atoms with van der Waals surface area (Å²) in [6.07, 6.45) is 34.6. The van der Waals surface area contributed by atoms with E-state index in [9.17, 15) is 43.5 Å². The van der Waals surface area contributed by atoms with Crippen LogP contribution >= 0.6 is 15.6 Å². The van der Waals surface area contributed by atoms with Gasteiger partial charge in [-0.15, -0.1) is 0 Å². The molecule has 2 saturated heterocycles. The van der Waals surface area contributed by atoms with Crippen LogP contribution in [0.4, 0.5) is 5.82 Å². The third-order valence-electron chi connectivity index (χ3n) is 11.5. The molecule has 2 fully saturated rings. The summed E-state index contributed by atoms with van der Waals surface area (Å²) in [6, 6.07) is 1.24. The average molecular weight is 1040 g/mol. The molecule has 3 rings (SSSR count). The van der Waals surface area contributed by atoms with Crippen molar-refractivity contribution in [3.8, 4) is 0 Å². The highest BCUT2D eigenvalue weighted by molar-refractivity contribution is 7.61. The molecule has 402 valence electrons. The summed E-state index contributed by atoms with van der Waals surface area (Å²) >= 11 is 0. The number of esters is 2. The number of aromatic nitrogens is 2. The van der Waals surface area contributed by atoms with Crippen molar-refractivity contribution in [1.82, 2.24) is 9.55 Å². The number of hydrogen-bond acceptors (Lipinski definition) is 16. The second kappa shape index (κ2) is 35.6. The number of carbonyl (C=O) groups is 2. The van der Waals surface area contributed by atoms with Crippen LogP contribution in [0.5, 0.6) is 0 Å². The number of unbranched alkanes of at least 4 members (excludes halogenated alkanes) is 12. The van der Waals surface area contributed by atoms with Crippen LogP contribution in [0.1, 0.15) is 161 Å². The second-order valence-corrected chi connectivity index (χ2v) is 20.8. The van der Waals surface area contributed by atoms with Crippen molar-refractivity contribution >= 4 is 33.4 Å². The number of hydrogen-bond donors (Lipinski definition) is 5. The molecule has 2 aliphatic heterocycles. The van der Waals surface area contributed by atoms with E-state index in [1.165, 1.54) is 51.0 Å². The number of allylic oxidation sites excluding steroid dienone is 9. The number of aliphatic hydroxyl groups is 2. The number of nitrogen functional groups attached to an aromatic ring is 1. The maximum atomic E-state index is 12.9. The number of nitrogens with two attached hydrogens (primary N) is 1. The Hall–Kier alpha value is -3.58. The Morgan fingerprint density at radius 3 is 2.01 bits per heavy atom. The van der Waals surface area contributed by atoms with Gasteiger partial charge in [0.05, 0.1) is 25.4 Å². The van der Waals surface area contributed by atoms with Crippen molar-refractivity contribution in [3.63, 3.8) is 0 Å². The third kappa shape index (κ3) is 27.9. The second-order valence-electron chi connectivity index (χ2n) is 17.7. The number of epoxide rings is 1. The zero-order chi connectivity index (χ0) is 51.7. The molecule has 9 atom stereocenters. The molecule has 21 heteroatoms. The smallest absolute Gasteiger partial charge is 0.462 e. The SMILES string of the molecule is CCCCC/C=C\C/C=C\C/C=C\CC1OC1CCCC(=O)O[C@H](COC(=O)CCCCCCC/C=C\C=C/CCCCCC)COP(=O)(O)OP(=O)(O)OC[C@H]1O[C@@H](n2ccc(N)nc2=O)[C@H](O)[C@@H]1O. The van der Waals surface area contributed by atoms with Crippen molar-refractivity contribution in [2.24, 2.45) is 0 Å². The van der Waals surface area contributed by atoms with E-state index in [0.29, 0.717) is 19.3 Å². The van der Waals surface area contributed by atoms with Gasteiger partial charge in [-0.25, -0.2) is 13.9 Å². The number of phosphoric ester groups is 2. The third-order valence-corrected chi connectivity index (χ3v) is 14.1. The molecule has 0 amide bonds. The molecule has 0 spiro atoms. The molecule has 1 aromatic rings. The lowest BCUT2D eigenvalue weighted by atomic mass is 10.1. The highest BCUT2D eigenvalue weighted by Gasteiger charge is 2.46. The molecule has 2 aliphatic rings. The summed E-state index contributed by atoms with van der Waals surface area (Å²) in [4.78, 5) is 62.0. The molecule has 0 aliphatic carbocycles. The molecule has 0 radical (unpaired) electrons. The van der Waals surface area contributed by atoms with Crippen LogP contribution in [0.3, 0.4) is 0 Å². The Labute approximate surface area is 419 Å². The van der Waals surface area contributed by atoms with Crippen LogP contribution in [0.2, 0.25) is 0 Å². The average Bonchev–Trinajstić information content (AvgIpc) is 4.01. The van der Waals surface area contributed by atoms with Crippen LogP contribution in [0.25, 0.3) is 0 Å². The first-order chi connectivity index (χ1) is 34.1. The first kappa shape index (κ1) is 61.7. The summed E-state index contributed by atoms with van der Waals surface area (Å²) in [5.41, 5.74) is 4.58. The van der Waals surface area contributed by atoms with Gasteiger partial charge < -0.3 is 44.7 Å². The van der Waals surface area contributed by atoms with Crippen LogP contribution in [0.15, 0.2) is 77.8 Å². The molecular formula is C50H81N3O16P2. The Balaban J connectivity index is 1.43. The van der Waals surface area contributed by atoms with E-state index in [0.717, 1.165) is 75.0 Å². The summed E-state index contributed by atoms with van der Waals surface area (Å²) in [5.74, 6) is -1.40. The predicted octanol–water partition coefficient (Wildman–Crippen LogP) is 9.32. The molecule has 0 saturated carbocycles. The van der Waals surface area contributed by atoms with Gasteiger partial charge in [-0.3, -0.25) is 23.2 Å². The van der Waals surface area contributed by atoms with Gasteiger partial charge >= 0.3 is 33.3 Å². The Kier molecular flexibility index (Phi) is 30.9. The monoisotopic (exact) mass is 1040 g/mol. The fourth-order valence-corrected chi connectivity index (χ4v) is 9.56. The molecule has 19 nitrogen and oxygen atoms in total. The summed E-state index contributed by atoms with van der Waals surface area (Å²) in [6.45, 7) is 2.01. The van der Waals surface area contributed by atoms with Gasteiger partial charge in [0.15, 0.2) is 12.3 Å². The topological polar surface area (TPSA) is 278 Å². The first-order valence-electron chi connectivity index (χ1n) is 25.4. The van der Waals surface area contributed by atoms with Crippen LogP contribution in [0, 0.1) is 0 Å². The molecule has 71 heavy (non-hydrogen) atoms. The number of carbonyl (C=O) groups excluding carboxylic acids is 2. The van der Waals surface area contributed by atoms with Crippen molar-refractivity contribution in [2.45, 2.75) is 198 Å². The van der Waals surface area contributed by atoms with Crippen LogP contribution < -0.4 is 11.4 Å². The van der Waals surface area contributed by atoms with E-state index in [2.05, 4.69) is 83.9 Å². The van der Waals surface area contributed by atoms with Crippen molar-refractivity contribution in [2.75, 3.05) is 25.6 Å². The predicted molar refractivity (Wildman–Crippen MR) is 270 cm³/mol. The van der Waals surface area contributed by atoms with Gasteiger partial charge in [0, 0.05) is 19.0 Å². The summed E-state index contributed by atoms with van der Waals surface area (Å²) < 4.78 is 62.6. The quantitative estimate of drug-likeness (QED) is 0.0102. The molecule has 6 N–H and O–H groups in total. The Morgan fingerprint density at radius 1 is 0.718 bits per heavy atom. The standard InChI is InChI=1S/C50H81N3O16P2/c1-3-5-7-9-11-13-15-17-18-19-21-23-25-27-29-33-45(54)63-37-40(66-46(55)34-30-32-42-41(67-42)31-28-26-24-22-20-16-14-12-10-8-6-4-2)38-64-70(59,60)69-71(61,62)65-39-43-47(56)48(57)49(68-43)53-36-35-44(51)52-50(53)58/h12-15,17-18,20,22,26,28,35-36,40-43,47-49,56-57H,3-11,16,19,21,23-25,27,29-34,37-39H2,1-2H3,(H,59,60)(H,61,62)(H2,51,52,58)/b14-12-,15-13-,18-17-,22-20-,28-26-/t40-,41?,42?,43-,47-,48-,49-/m1/s1. The number of rotatable bonds is 40. The first-order valence-corrected chi connectivity index (χ1v) is 28.4. The fraction of sp³-hybridized carbons (Fsp3) is 0.680. The van der Waals surface area contributed by atoms with E-state index >= 15 is 0 Å². The fourth-order valence-electron chi connectivity index (χ4n) is 7.45. The number of phosphoric acid groups is 2. The van der Waals surface area contributed by atoms with E-state index in [4.69, 9.17) is 33.7 Å². The van der Waals surface area contributed by atoms with E-state index in [1.54, 1.807) is 0 Å². The molecule has 3 heterocycles. The number of nitrogens with zero attached hydrogens (tertiary/aromatic N) is 2. The highest BCUT2D eigenvalue weighted by Crippen LogP contribution is 2.60. The molecular weight excluding hydrogens is 961 g/mol. The van der Waals surface area contributed by atoms with Gasteiger partial charge in [-0.1, -0.05) is 126 Å². The molecule has 1 aromatic heterocycles. The lowest BCUT2D eigenvalue weighted by Gasteiger charge is -2.21. The lowest BCUT2D eigenvalue weighted by molar-refractivity contribution is -0.161. The van der Waals surface area contributed by atoms with Crippen molar-refractivity contribution in [3.05, 3.63) is 83.5 Å². The summed E-state index contributed by atoms with van der Waals surface area (Å²) in [7, 11) is -10.9. The van der Waals surface area contributed by atoms with E-state index in [1.807, 2.05) is 0 Å². The minimum atomic E-state index is -5.45. The highest BCUT2D eigenvalue weighted by atomic mass is 31.3. The van der Waals surface area contributed by atoms with Crippen molar-refractivity contribution < 1.29 is 71.0 Å². The van der Waals surface area contributed by atoms with Crippen molar-refractivity contribution in [1.29, 1.82) is 0 Å².